The van der Waals surface area contributed by atoms with E-state index in [1.165, 1.54) is 19.1 Å². The average molecular weight is 506 g/mol. The molecule has 1 aromatic heterocycles. The zero-order valence-corrected chi connectivity index (χ0v) is 21.2. The molecule has 0 spiro atoms. The summed E-state index contributed by atoms with van der Waals surface area (Å²) in [7, 11) is 3.06. The van der Waals surface area contributed by atoms with Crippen molar-refractivity contribution in [3.05, 3.63) is 77.9 Å². The summed E-state index contributed by atoms with van der Waals surface area (Å²) >= 11 is 0. The molecule has 1 unspecified atom stereocenters. The van der Waals surface area contributed by atoms with Gasteiger partial charge in [0.05, 0.1) is 38.8 Å². The van der Waals surface area contributed by atoms with Crippen LogP contribution in [0.25, 0.3) is 5.76 Å². The predicted octanol–water partition coefficient (Wildman–Crippen LogP) is 4.20. The molecule has 1 fully saturated rings. The number of carbonyl (C=O) groups is 2. The highest BCUT2D eigenvalue weighted by molar-refractivity contribution is 6.46. The van der Waals surface area contributed by atoms with E-state index in [1.54, 1.807) is 55.0 Å². The highest BCUT2D eigenvalue weighted by atomic mass is 16.5. The van der Waals surface area contributed by atoms with Crippen LogP contribution in [0.3, 0.4) is 0 Å². The van der Waals surface area contributed by atoms with Crippen molar-refractivity contribution in [2.75, 3.05) is 27.4 Å². The third kappa shape index (κ3) is 5.45. The summed E-state index contributed by atoms with van der Waals surface area (Å²) in [6, 6.07) is 11.3. The van der Waals surface area contributed by atoms with Crippen LogP contribution < -0.4 is 14.2 Å². The van der Waals surface area contributed by atoms with Gasteiger partial charge < -0.3 is 28.8 Å². The minimum absolute atomic E-state index is 0.0297. The molecule has 1 aliphatic heterocycles. The average Bonchev–Trinajstić information content (AvgIpc) is 3.53. The van der Waals surface area contributed by atoms with Crippen LogP contribution in [0.15, 0.2) is 66.8 Å². The number of aliphatic hydroxyl groups is 1. The normalized spacial score (nSPS) is 16.7. The van der Waals surface area contributed by atoms with Crippen molar-refractivity contribution in [3.63, 3.8) is 0 Å². The highest BCUT2D eigenvalue weighted by Crippen LogP contribution is 2.42. The number of Topliss-reactive ketones (excluding diaryl/α,β-unsaturated/α-hetero) is 1. The molecule has 1 aliphatic rings. The number of ether oxygens (including phenoxy) is 3. The van der Waals surface area contributed by atoms with Crippen LogP contribution >= 0.6 is 0 Å². The number of hydrogen-bond donors (Lipinski definition) is 1. The van der Waals surface area contributed by atoms with Crippen molar-refractivity contribution in [1.29, 1.82) is 0 Å². The number of methoxy groups -OCH3 is 2. The Morgan fingerprint density at radius 3 is 2.43 bits per heavy atom. The van der Waals surface area contributed by atoms with E-state index in [1.807, 2.05) is 17.7 Å². The SMILES string of the molecule is CCCOc1ccc(/C(O)=C2\C(=O)C(=O)N(CCCn3ccnc3)C2c2ccc(OC)c(OC)c2)cc1. The molecule has 9 nitrogen and oxygen atoms in total. The van der Waals surface area contributed by atoms with Gasteiger partial charge in [0, 0.05) is 31.0 Å². The van der Waals surface area contributed by atoms with Crippen LogP contribution in [0.5, 0.6) is 17.2 Å². The van der Waals surface area contributed by atoms with Crippen LogP contribution in [0.1, 0.15) is 36.9 Å². The van der Waals surface area contributed by atoms with E-state index in [0.29, 0.717) is 54.5 Å². The van der Waals surface area contributed by atoms with Crippen molar-refractivity contribution in [2.24, 2.45) is 0 Å². The molecule has 0 saturated carbocycles. The van der Waals surface area contributed by atoms with Crippen LogP contribution in [0.2, 0.25) is 0 Å². The molecule has 2 aromatic carbocycles. The minimum atomic E-state index is -0.793. The fourth-order valence-corrected chi connectivity index (χ4v) is 4.41. The van der Waals surface area contributed by atoms with Gasteiger partial charge in [-0.05, 0) is 54.8 Å². The zero-order chi connectivity index (χ0) is 26.4. The number of likely N-dealkylation sites (tertiary alicyclic amines) is 1. The molecule has 1 saturated heterocycles. The van der Waals surface area contributed by atoms with E-state index in [0.717, 1.165) is 6.42 Å². The van der Waals surface area contributed by atoms with Gasteiger partial charge >= 0.3 is 0 Å². The number of nitrogens with zero attached hydrogens (tertiary/aromatic N) is 3. The first kappa shape index (κ1) is 25.8. The van der Waals surface area contributed by atoms with Crippen molar-refractivity contribution in [1.82, 2.24) is 14.5 Å². The summed E-state index contributed by atoms with van der Waals surface area (Å²) in [5, 5.41) is 11.3. The number of imidazole rings is 1. The van der Waals surface area contributed by atoms with Crippen molar-refractivity contribution >= 4 is 17.4 Å². The summed E-state index contributed by atoms with van der Waals surface area (Å²) in [6.45, 7) is 3.53. The summed E-state index contributed by atoms with van der Waals surface area (Å²) in [5.41, 5.74) is 1.08. The quantitative estimate of drug-likeness (QED) is 0.237. The molecule has 37 heavy (non-hydrogen) atoms. The third-order valence-electron chi connectivity index (χ3n) is 6.24. The lowest BCUT2D eigenvalue weighted by atomic mass is 9.95. The molecule has 1 amide bonds. The predicted molar refractivity (Wildman–Crippen MR) is 138 cm³/mol. The third-order valence-corrected chi connectivity index (χ3v) is 6.24. The van der Waals surface area contributed by atoms with Crippen molar-refractivity contribution < 1.29 is 28.9 Å². The largest absolute Gasteiger partial charge is 0.507 e. The van der Waals surface area contributed by atoms with E-state index in [-0.39, 0.29) is 11.3 Å². The van der Waals surface area contributed by atoms with Crippen LogP contribution in [-0.4, -0.2) is 58.6 Å². The van der Waals surface area contributed by atoms with E-state index in [2.05, 4.69) is 4.98 Å². The van der Waals surface area contributed by atoms with Gasteiger partial charge in [0.15, 0.2) is 11.5 Å². The number of rotatable bonds is 11. The van der Waals surface area contributed by atoms with E-state index >= 15 is 0 Å². The molecule has 9 heteroatoms. The number of aryl methyl sites for hydroxylation is 1. The second-order valence-electron chi connectivity index (χ2n) is 8.63. The van der Waals surface area contributed by atoms with Crippen molar-refractivity contribution in [2.45, 2.75) is 32.4 Å². The summed E-state index contributed by atoms with van der Waals surface area (Å²) in [6.07, 6.45) is 6.70. The molecule has 4 rings (SSSR count). The lowest BCUT2D eigenvalue weighted by molar-refractivity contribution is -0.139. The first-order valence-electron chi connectivity index (χ1n) is 12.2. The Kier molecular flexibility index (Phi) is 8.12. The fourth-order valence-electron chi connectivity index (χ4n) is 4.41. The van der Waals surface area contributed by atoms with E-state index < -0.39 is 17.7 Å². The Balaban J connectivity index is 1.73. The Labute approximate surface area is 215 Å². The number of aliphatic hydroxyl groups excluding tert-OH is 1. The molecule has 0 aliphatic carbocycles. The van der Waals surface area contributed by atoms with Gasteiger partial charge in [0.1, 0.15) is 11.5 Å². The maximum absolute atomic E-state index is 13.3. The van der Waals surface area contributed by atoms with Gasteiger partial charge in [-0.3, -0.25) is 9.59 Å². The summed E-state index contributed by atoms with van der Waals surface area (Å²) in [4.78, 5) is 32.0. The lowest BCUT2D eigenvalue weighted by Crippen LogP contribution is -2.31. The van der Waals surface area contributed by atoms with Crippen LogP contribution in [0, 0.1) is 0 Å². The van der Waals surface area contributed by atoms with Crippen molar-refractivity contribution in [3.8, 4) is 17.2 Å². The Morgan fingerprint density at radius 1 is 1.03 bits per heavy atom. The van der Waals surface area contributed by atoms with E-state index in [9.17, 15) is 14.7 Å². The second-order valence-corrected chi connectivity index (χ2v) is 8.63. The Hall–Kier alpha value is -4.27. The standard InChI is InChI=1S/C28H31N3O6/c1-4-16-37-21-9-6-19(7-10-21)26(32)24-25(20-8-11-22(35-2)23(17-20)36-3)31(28(34)27(24)33)14-5-13-30-15-12-29-18-30/h6-12,15,17-18,25,32H,4-5,13-14,16H2,1-3H3/b26-24+. The van der Waals surface area contributed by atoms with Gasteiger partial charge in [0.2, 0.25) is 0 Å². The smallest absolute Gasteiger partial charge is 0.295 e. The number of ketones is 1. The van der Waals surface area contributed by atoms with Gasteiger partial charge in [-0.15, -0.1) is 0 Å². The second kappa shape index (κ2) is 11.6. The number of amides is 1. The maximum Gasteiger partial charge on any atom is 0.295 e. The summed E-state index contributed by atoms with van der Waals surface area (Å²) in [5.74, 6) is 0.0144. The number of hydrogen-bond acceptors (Lipinski definition) is 7. The van der Waals surface area contributed by atoms with Gasteiger partial charge in [0.25, 0.3) is 11.7 Å². The maximum atomic E-state index is 13.3. The Bertz CT molecular complexity index is 1270. The Morgan fingerprint density at radius 2 is 1.78 bits per heavy atom. The highest BCUT2D eigenvalue weighted by Gasteiger charge is 2.46. The zero-order valence-electron chi connectivity index (χ0n) is 21.2. The molecular formula is C28H31N3O6. The number of aromatic nitrogens is 2. The fraction of sp³-hybridized carbons (Fsp3) is 0.321. The number of benzene rings is 2. The monoisotopic (exact) mass is 505 g/mol. The first-order valence-corrected chi connectivity index (χ1v) is 12.2. The van der Waals surface area contributed by atoms with Crippen LogP contribution in [-0.2, 0) is 16.1 Å². The topological polar surface area (TPSA) is 103 Å². The van der Waals surface area contributed by atoms with E-state index in [4.69, 9.17) is 14.2 Å². The van der Waals surface area contributed by atoms with Gasteiger partial charge in [-0.25, -0.2) is 4.98 Å². The first-order chi connectivity index (χ1) is 18.0. The summed E-state index contributed by atoms with van der Waals surface area (Å²) < 4.78 is 18.4. The van der Waals surface area contributed by atoms with Gasteiger partial charge in [-0.2, -0.15) is 0 Å². The lowest BCUT2D eigenvalue weighted by Gasteiger charge is -2.26. The molecule has 1 atom stereocenters. The van der Waals surface area contributed by atoms with Gasteiger partial charge in [-0.1, -0.05) is 13.0 Å². The molecule has 0 bridgehead atoms. The molecule has 1 N–H and O–H groups in total. The number of carbonyl (C=O) groups excluding carboxylic acids is 2. The van der Waals surface area contributed by atoms with Crippen LogP contribution in [0.4, 0.5) is 0 Å². The molecule has 0 radical (unpaired) electrons. The molecule has 2 heterocycles. The molecule has 194 valence electrons. The minimum Gasteiger partial charge on any atom is -0.507 e. The molecule has 3 aromatic rings. The molecular weight excluding hydrogens is 474 g/mol.